The Bertz CT molecular complexity index is 706. The number of benzene rings is 1. The zero-order chi connectivity index (χ0) is 16.8. The van der Waals surface area contributed by atoms with Gasteiger partial charge in [0.1, 0.15) is 0 Å². The first-order valence-corrected chi connectivity index (χ1v) is 7.24. The first-order chi connectivity index (χ1) is 11.0. The van der Waals surface area contributed by atoms with Gasteiger partial charge in [-0.15, -0.1) is 9.97 Å². The highest BCUT2D eigenvalue weighted by molar-refractivity contribution is 5.91. The second-order valence-electron chi connectivity index (χ2n) is 4.94. The van der Waals surface area contributed by atoms with Crippen molar-refractivity contribution in [2.24, 2.45) is 5.73 Å². The minimum Gasteiger partial charge on any atom is -0.462 e. The van der Waals surface area contributed by atoms with Gasteiger partial charge in [-0.2, -0.15) is 0 Å². The van der Waals surface area contributed by atoms with Crippen LogP contribution in [0, 0.1) is 13.8 Å². The molecule has 0 unspecified atom stereocenters. The number of aryl methyl sites for hydroxylation is 2. The van der Waals surface area contributed by atoms with Crippen molar-refractivity contribution in [1.29, 1.82) is 0 Å². The molecule has 0 amide bonds. The fourth-order valence-electron chi connectivity index (χ4n) is 1.99. The quantitative estimate of drug-likeness (QED) is 0.429. The zero-order valence-electron chi connectivity index (χ0n) is 13.4. The number of carbonyl (C=O) groups is 1. The fraction of sp³-hybridized carbons (Fsp3) is 0.250. The second-order valence-corrected chi connectivity index (χ2v) is 4.94. The van der Waals surface area contributed by atoms with Crippen LogP contribution in [0.3, 0.4) is 0 Å². The number of ether oxygens (including phenoxy) is 1. The van der Waals surface area contributed by atoms with Crippen LogP contribution in [0.2, 0.25) is 0 Å². The Morgan fingerprint density at radius 1 is 1.22 bits per heavy atom. The van der Waals surface area contributed by atoms with Crippen molar-refractivity contribution < 1.29 is 14.5 Å². The van der Waals surface area contributed by atoms with E-state index in [2.05, 4.69) is 20.3 Å². The molecule has 7 nitrogen and oxygen atoms in total. The molecule has 4 N–H and O–H groups in total. The van der Waals surface area contributed by atoms with E-state index in [9.17, 15) is 4.79 Å². The van der Waals surface area contributed by atoms with Gasteiger partial charge >= 0.3 is 11.9 Å². The summed E-state index contributed by atoms with van der Waals surface area (Å²) in [7, 11) is 0. The summed E-state index contributed by atoms with van der Waals surface area (Å²) in [5.74, 6) is 0.368. The van der Waals surface area contributed by atoms with Crippen molar-refractivity contribution in [1.82, 2.24) is 9.97 Å². The average molecular weight is 314 g/mol. The lowest BCUT2D eigenvalue weighted by molar-refractivity contribution is -0.365. The topological polar surface area (TPSA) is 104 Å². The second kappa shape index (κ2) is 7.35. The van der Waals surface area contributed by atoms with Gasteiger partial charge in [0, 0.05) is 6.07 Å². The van der Waals surface area contributed by atoms with Crippen LogP contribution >= 0.6 is 0 Å². The van der Waals surface area contributed by atoms with E-state index in [0.717, 1.165) is 17.1 Å². The van der Waals surface area contributed by atoms with E-state index in [-0.39, 0.29) is 5.97 Å². The minimum absolute atomic E-state index is 0.291. The minimum atomic E-state index is -0.349. The molecule has 120 valence electrons. The fourth-order valence-corrected chi connectivity index (χ4v) is 1.99. The van der Waals surface area contributed by atoms with Gasteiger partial charge in [-0.05, 0) is 45.0 Å². The number of hydrogen-bond donors (Lipinski definition) is 3. The Hall–Kier alpha value is -2.96. The van der Waals surface area contributed by atoms with Gasteiger partial charge in [-0.3, -0.25) is 5.32 Å². The highest BCUT2D eigenvalue weighted by Crippen LogP contribution is 2.09. The lowest BCUT2D eigenvalue weighted by atomic mass is 10.2. The molecular weight excluding hydrogens is 294 g/mol. The maximum atomic E-state index is 11.6. The molecular formula is C16H20N5O2+. The van der Waals surface area contributed by atoms with Crippen molar-refractivity contribution in [2.45, 2.75) is 20.8 Å². The maximum Gasteiger partial charge on any atom is 0.354 e. The van der Waals surface area contributed by atoms with Gasteiger partial charge in [0.15, 0.2) is 0 Å². The predicted octanol–water partition coefficient (Wildman–Crippen LogP) is 0.409. The van der Waals surface area contributed by atoms with Gasteiger partial charge in [-0.25, -0.2) is 9.79 Å². The van der Waals surface area contributed by atoms with Crippen LogP contribution in [0.25, 0.3) is 0 Å². The van der Waals surface area contributed by atoms with E-state index >= 15 is 0 Å². The van der Waals surface area contributed by atoms with E-state index in [1.54, 1.807) is 31.2 Å². The number of rotatable bonds is 4. The third-order valence-corrected chi connectivity index (χ3v) is 2.90. The Morgan fingerprint density at radius 3 is 2.39 bits per heavy atom. The van der Waals surface area contributed by atoms with E-state index in [1.807, 2.05) is 19.9 Å². The van der Waals surface area contributed by atoms with E-state index in [4.69, 9.17) is 10.5 Å². The number of aromatic nitrogens is 2. The molecule has 0 fully saturated rings. The Kier molecular flexibility index (Phi) is 5.24. The molecule has 0 atom stereocenters. The molecule has 7 heteroatoms. The third kappa shape index (κ3) is 4.77. The predicted molar refractivity (Wildman–Crippen MR) is 87.3 cm³/mol. The summed E-state index contributed by atoms with van der Waals surface area (Å²) in [5.41, 5.74) is 8.83. The lowest BCUT2D eigenvalue weighted by Crippen LogP contribution is -2.72. The first kappa shape index (κ1) is 16.4. The number of hydrogen-bond acceptors (Lipinski definition) is 4. The van der Waals surface area contributed by atoms with Crippen LogP contribution in [0.5, 0.6) is 0 Å². The van der Waals surface area contributed by atoms with Gasteiger partial charge in [0.2, 0.25) is 0 Å². The Morgan fingerprint density at radius 2 is 1.83 bits per heavy atom. The molecule has 0 aliphatic carbocycles. The number of carbonyl (C=O) groups excluding carboxylic acids is 1. The number of nitrogens with zero attached hydrogens (tertiary/aromatic N) is 2. The Labute approximate surface area is 134 Å². The van der Waals surface area contributed by atoms with Gasteiger partial charge < -0.3 is 10.5 Å². The standard InChI is InChI=1S/C16H19N5O2/c1-4-23-14(22)12-5-7-13(8-6-12)20-15(17)21-16-18-10(2)9-11(3)19-16/h5-9H,4H2,1-3H3,(H3,17,18,19,20,21)/p+1. The van der Waals surface area contributed by atoms with Gasteiger partial charge in [-0.1, -0.05) is 0 Å². The number of nitrogens with one attached hydrogen (secondary N) is 2. The van der Waals surface area contributed by atoms with Crippen LogP contribution in [0.4, 0.5) is 11.6 Å². The molecule has 2 rings (SSSR count). The first-order valence-electron chi connectivity index (χ1n) is 7.24. The molecule has 1 heterocycles. The maximum absolute atomic E-state index is 11.6. The molecule has 0 aliphatic rings. The van der Waals surface area contributed by atoms with Crippen molar-refractivity contribution in [2.75, 3.05) is 11.9 Å². The molecule has 0 spiro atoms. The summed E-state index contributed by atoms with van der Waals surface area (Å²) >= 11 is 0. The monoisotopic (exact) mass is 314 g/mol. The smallest absolute Gasteiger partial charge is 0.354 e. The molecule has 0 saturated heterocycles. The average Bonchev–Trinajstić information content (AvgIpc) is 2.47. The highest BCUT2D eigenvalue weighted by Gasteiger charge is 2.08. The summed E-state index contributed by atoms with van der Waals surface area (Å²) in [4.78, 5) is 23.0. The van der Waals surface area contributed by atoms with Gasteiger partial charge in [0.05, 0.1) is 29.2 Å². The molecule has 1 aromatic heterocycles. The van der Waals surface area contributed by atoms with Crippen LogP contribution in [0.15, 0.2) is 30.3 Å². The van der Waals surface area contributed by atoms with Crippen molar-refractivity contribution in [3.05, 3.63) is 47.3 Å². The number of guanidine groups is 1. The normalized spacial score (nSPS) is 11.2. The molecule has 0 saturated carbocycles. The summed E-state index contributed by atoms with van der Waals surface area (Å²) in [5, 5.41) is 2.98. The summed E-state index contributed by atoms with van der Waals surface area (Å²) in [6.07, 6.45) is 0. The van der Waals surface area contributed by atoms with E-state index in [0.29, 0.717) is 24.1 Å². The van der Waals surface area contributed by atoms with Crippen LogP contribution in [0.1, 0.15) is 28.7 Å². The Balaban J connectivity index is 2.09. The van der Waals surface area contributed by atoms with E-state index in [1.165, 1.54) is 0 Å². The summed E-state index contributed by atoms with van der Waals surface area (Å²) in [6.45, 7) is 5.89. The molecule has 1 aromatic carbocycles. The van der Waals surface area contributed by atoms with Gasteiger partial charge in [0.25, 0.3) is 5.96 Å². The molecule has 23 heavy (non-hydrogen) atoms. The van der Waals surface area contributed by atoms with Crippen molar-refractivity contribution in [3.8, 4) is 0 Å². The summed E-state index contributed by atoms with van der Waals surface area (Å²) < 4.78 is 4.93. The van der Waals surface area contributed by atoms with Crippen LogP contribution < -0.4 is 16.0 Å². The van der Waals surface area contributed by atoms with Crippen molar-refractivity contribution in [3.63, 3.8) is 0 Å². The molecule has 0 aliphatic heterocycles. The zero-order valence-corrected chi connectivity index (χ0v) is 13.4. The van der Waals surface area contributed by atoms with E-state index < -0.39 is 0 Å². The molecule has 0 bridgehead atoms. The SMILES string of the molecule is CCOC(=O)c1ccc(NC(N)=[NH+]c2nc(C)cc(C)n2)cc1. The summed E-state index contributed by atoms with van der Waals surface area (Å²) in [6, 6.07) is 8.69. The third-order valence-electron chi connectivity index (χ3n) is 2.90. The lowest BCUT2D eigenvalue weighted by Gasteiger charge is -2.04. The van der Waals surface area contributed by atoms with Crippen molar-refractivity contribution >= 4 is 23.6 Å². The van der Waals surface area contributed by atoms with Crippen LogP contribution in [-0.4, -0.2) is 28.5 Å². The number of nitrogens with two attached hydrogens (primary N) is 1. The van der Waals surface area contributed by atoms with Crippen LogP contribution in [-0.2, 0) is 4.74 Å². The molecule has 2 aromatic rings. The molecule has 0 radical (unpaired) electrons. The largest absolute Gasteiger partial charge is 0.462 e. The number of esters is 1. The number of anilines is 1. The highest BCUT2D eigenvalue weighted by atomic mass is 16.5.